The van der Waals surface area contributed by atoms with Crippen LogP contribution < -0.4 is 10.1 Å². The van der Waals surface area contributed by atoms with Gasteiger partial charge in [-0.1, -0.05) is 75.7 Å². The predicted octanol–water partition coefficient (Wildman–Crippen LogP) is 4.52. The average molecular weight is 411 g/mol. The molecule has 5 nitrogen and oxygen atoms in total. The van der Waals surface area contributed by atoms with Crippen LogP contribution in [0.15, 0.2) is 54.6 Å². The van der Waals surface area contributed by atoms with Crippen LogP contribution in [-0.4, -0.2) is 35.9 Å². The summed E-state index contributed by atoms with van der Waals surface area (Å²) < 4.78 is 5.88. The first-order valence-corrected chi connectivity index (χ1v) is 10.8. The molecule has 0 unspecified atom stereocenters. The number of para-hydroxylation sites is 1. The molecule has 2 aromatic carbocycles. The van der Waals surface area contributed by atoms with E-state index in [2.05, 4.69) is 26.1 Å². The van der Waals surface area contributed by atoms with Gasteiger partial charge in [0.1, 0.15) is 11.8 Å². The Hall–Kier alpha value is -2.82. The molecule has 1 atom stereocenters. The lowest BCUT2D eigenvalue weighted by Crippen LogP contribution is -2.49. The van der Waals surface area contributed by atoms with Crippen LogP contribution in [0.5, 0.6) is 5.75 Å². The van der Waals surface area contributed by atoms with Crippen molar-refractivity contribution in [2.75, 3.05) is 13.2 Å². The van der Waals surface area contributed by atoms with Crippen LogP contribution in [0.3, 0.4) is 0 Å². The molecule has 2 rings (SSSR count). The topological polar surface area (TPSA) is 58.6 Å². The summed E-state index contributed by atoms with van der Waals surface area (Å²) in [5.41, 5.74) is 2.03. The molecule has 0 aromatic heterocycles. The quantitative estimate of drug-likeness (QED) is 0.554. The minimum atomic E-state index is -0.585. The molecule has 0 aliphatic carbocycles. The van der Waals surface area contributed by atoms with Crippen molar-refractivity contribution < 1.29 is 14.3 Å². The molecule has 30 heavy (non-hydrogen) atoms. The molecule has 0 saturated carbocycles. The first-order valence-electron chi connectivity index (χ1n) is 10.8. The third-order valence-corrected chi connectivity index (χ3v) is 5.08. The molecule has 0 aliphatic rings. The van der Waals surface area contributed by atoms with Gasteiger partial charge < -0.3 is 15.0 Å². The Bertz CT molecular complexity index is 805. The monoisotopic (exact) mass is 410 g/mol. The van der Waals surface area contributed by atoms with Gasteiger partial charge in [0.05, 0.1) is 0 Å². The zero-order chi connectivity index (χ0) is 21.9. The third kappa shape index (κ3) is 6.90. The minimum Gasteiger partial charge on any atom is -0.483 e. The van der Waals surface area contributed by atoms with Gasteiger partial charge in [0.25, 0.3) is 5.91 Å². The number of benzene rings is 2. The fourth-order valence-electron chi connectivity index (χ4n) is 3.21. The van der Waals surface area contributed by atoms with Gasteiger partial charge in [0.15, 0.2) is 6.61 Å². The van der Waals surface area contributed by atoms with Crippen molar-refractivity contribution in [2.24, 2.45) is 0 Å². The molecule has 162 valence electrons. The summed E-state index contributed by atoms with van der Waals surface area (Å²) in [6.07, 6.45) is 1.92. The molecule has 0 aliphatic heterocycles. The van der Waals surface area contributed by atoms with Gasteiger partial charge >= 0.3 is 0 Å². The van der Waals surface area contributed by atoms with Crippen molar-refractivity contribution in [3.05, 3.63) is 65.7 Å². The number of hydrogen-bond donors (Lipinski definition) is 1. The number of nitrogens with one attached hydrogen (secondary N) is 1. The molecule has 0 fully saturated rings. The lowest BCUT2D eigenvalue weighted by atomic mass is 10.0. The van der Waals surface area contributed by atoms with Crippen molar-refractivity contribution in [1.82, 2.24) is 10.2 Å². The van der Waals surface area contributed by atoms with Crippen molar-refractivity contribution in [3.63, 3.8) is 0 Å². The number of carbonyl (C=O) groups excluding carboxylic acids is 2. The van der Waals surface area contributed by atoms with Gasteiger partial charge in [0.2, 0.25) is 5.91 Å². The molecule has 2 amide bonds. The molecule has 2 aromatic rings. The number of carbonyl (C=O) groups is 2. The first kappa shape index (κ1) is 23.5. The second-order valence-electron chi connectivity index (χ2n) is 7.81. The Balaban J connectivity index is 2.12. The normalized spacial score (nSPS) is 11.8. The lowest BCUT2D eigenvalue weighted by Gasteiger charge is -2.29. The van der Waals surface area contributed by atoms with Gasteiger partial charge in [-0.2, -0.15) is 0 Å². The summed E-state index contributed by atoms with van der Waals surface area (Å²) in [5, 5.41) is 2.93. The molecule has 0 bridgehead atoms. The summed E-state index contributed by atoms with van der Waals surface area (Å²) >= 11 is 0. The zero-order valence-corrected chi connectivity index (χ0v) is 18.6. The Labute approximate surface area is 180 Å². The molecular formula is C25H34N2O3. The van der Waals surface area contributed by atoms with E-state index in [9.17, 15) is 9.59 Å². The Morgan fingerprint density at radius 3 is 2.33 bits per heavy atom. The molecule has 0 heterocycles. The van der Waals surface area contributed by atoms with E-state index in [0.717, 1.165) is 24.0 Å². The van der Waals surface area contributed by atoms with Crippen LogP contribution in [0.25, 0.3) is 0 Å². The van der Waals surface area contributed by atoms with Gasteiger partial charge in [-0.05, 0) is 36.5 Å². The molecule has 0 saturated heterocycles. The number of amides is 2. The maximum atomic E-state index is 13.1. The number of nitrogens with zero attached hydrogens (tertiary/aromatic N) is 1. The van der Waals surface area contributed by atoms with Gasteiger partial charge in [-0.3, -0.25) is 9.59 Å². The van der Waals surface area contributed by atoms with Crippen LogP contribution in [-0.2, 0) is 16.1 Å². The fourth-order valence-corrected chi connectivity index (χ4v) is 3.21. The number of ether oxygens (including phenoxy) is 1. The maximum Gasteiger partial charge on any atom is 0.261 e. The van der Waals surface area contributed by atoms with Crippen molar-refractivity contribution in [1.29, 1.82) is 0 Å². The van der Waals surface area contributed by atoms with Crippen LogP contribution >= 0.6 is 0 Å². The Kier molecular flexibility index (Phi) is 9.39. The highest BCUT2D eigenvalue weighted by Crippen LogP contribution is 2.26. The van der Waals surface area contributed by atoms with Crippen LogP contribution in [0.2, 0.25) is 0 Å². The minimum absolute atomic E-state index is 0.108. The largest absolute Gasteiger partial charge is 0.483 e. The van der Waals surface area contributed by atoms with Gasteiger partial charge in [-0.15, -0.1) is 0 Å². The Morgan fingerprint density at radius 2 is 1.67 bits per heavy atom. The SMILES string of the molecule is CCCCNC(=O)[C@H](C)N(Cc1ccccc1)C(=O)COc1ccccc1C(C)C. The highest BCUT2D eigenvalue weighted by molar-refractivity contribution is 5.87. The highest BCUT2D eigenvalue weighted by atomic mass is 16.5. The molecule has 1 N–H and O–H groups in total. The first-order chi connectivity index (χ1) is 14.4. The summed E-state index contributed by atoms with van der Waals surface area (Å²) in [5.74, 6) is 0.645. The smallest absolute Gasteiger partial charge is 0.261 e. The molecule has 5 heteroatoms. The van der Waals surface area contributed by atoms with Gasteiger partial charge in [0, 0.05) is 13.1 Å². The van der Waals surface area contributed by atoms with E-state index in [-0.39, 0.29) is 18.4 Å². The second kappa shape index (κ2) is 12.0. The zero-order valence-electron chi connectivity index (χ0n) is 18.6. The van der Waals surface area contributed by atoms with E-state index >= 15 is 0 Å². The van der Waals surface area contributed by atoms with Crippen molar-refractivity contribution in [3.8, 4) is 5.75 Å². The van der Waals surface area contributed by atoms with E-state index in [1.807, 2.05) is 54.6 Å². The van der Waals surface area contributed by atoms with Gasteiger partial charge in [-0.25, -0.2) is 0 Å². The fraction of sp³-hybridized carbons (Fsp3) is 0.440. The Morgan fingerprint density at radius 1 is 1.00 bits per heavy atom. The van der Waals surface area contributed by atoms with E-state index in [0.29, 0.717) is 24.8 Å². The standard InChI is InChI=1S/C25H34N2O3/c1-5-6-16-26-25(29)20(4)27(17-21-12-8-7-9-13-21)24(28)18-30-23-15-11-10-14-22(23)19(2)3/h7-15,19-20H,5-6,16-18H2,1-4H3,(H,26,29)/t20-/m0/s1. The third-order valence-electron chi connectivity index (χ3n) is 5.08. The second-order valence-corrected chi connectivity index (χ2v) is 7.81. The van der Waals surface area contributed by atoms with Crippen LogP contribution in [0, 0.1) is 0 Å². The van der Waals surface area contributed by atoms with E-state index in [1.165, 1.54) is 0 Å². The summed E-state index contributed by atoms with van der Waals surface area (Å²) in [6.45, 7) is 8.89. The van der Waals surface area contributed by atoms with Crippen molar-refractivity contribution in [2.45, 2.75) is 59.0 Å². The number of hydrogen-bond acceptors (Lipinski definition) is 3. The number of unbranched alkanes of at least 4 members (excludes halogenated alkanes) is 1. The van der Waals surface area contributed by atoms with Crippen LogP contribution in [0.4, 0.5) is 0 Å². The summed E-state index contributed by atoms with van der Waals surface area (Å²) in [6, 6.07) is 16.9. The lowest BCUT2D eigenvalue weighted by molar-refractivity contribution is -0.142. The summed E-state index contributed by atoms with van der Waals surface area (Å²) in [7, 11) is 0. The highest BCUT2D eigenvalue weighted by Gasteiger charge is 2.26. The van der Waals surface area contributed by atoms with E-state index in [4.69, 9.17) is 4.74 Å². The molecule has 0 spiro atoms. The van der Waals surface area contributed by atoms with Crippen LogP contribution in [0.1, 0.15) is 57.6 Å². The molecule has 0 radical (unpaired) electrons. The van der Waals surface area contributed by atoms with E-state index in [1.54, 1.807) is 11.8 Å². The number of rotatable bonds is 11. The molecular weight excluding hydrogens is 376 g/mol. The van der Waals surface area contributed by atoms with Crippen molar-refractivity contribution >= 4 is 11.8 Å². The maximum absolute atomic E-state index is 13.1. The predicted molar refractivity (Wildman–Crippen MR) is 120 cm³/mol. The average Bonchev–Trinajstić information content (AvgIpc) is 2.76. The van der Waals surface area contributed by atoms with E-state index < -0.39 is 6.04 Å². The summed E-state index contributed by atoms with van der Waals surface area (Å²) in [4.78, 5) is 27.3.